The number of aliphatic hydroxyl groups is 1. The van der Waals surface area contributed by atoms with Crippen molar-refractivity contribution >= 4 is 5.96 Å². The van der Waals surface area contributed by atoms with Crippen molar-refractivity contribution in [1.82, 2.24) is 10.2 Å². The van der Waals surface area contributed by atoms with E-state index in [9.17, 15) is 18.3 Å². The van der Waals surface area contributed by atoms with Gasteiger partial charge < -0.3 is 19.7 Å². The van der Waals surface area contributed by atoms with Crippen LogP contribution in [0.25, 0.3) is 0 Å². The van der Waals surface area contributed by atoms with Crippen LogP contribution in [-0.2, 0) is 19.1 Å². The van der Waals surface area contributed by atoms with Gasteiger partial charge in [-0.2, -0.15) is 13.2 Å². The van der Waals surface area contributed by atoms with Crippen LogP contribution in [0.5, 0.6) is 0 Å². The van der Waals surface area contributed by atoms with Crippen LogP contribution in [-0.4, -0.2) is 41.7 Å². The third-order valence-corrected chi connectivity index (χ3v) is 5.11. The van der Waals surface area contributed by atoms with E-state index < -0.39 is 17.8 Å². The Morgan fingerprint density at radius 2 is 2.17 bits per heavy atom. The standard InChI is InChI=1S/C21H26F3N3O2/c1-15(28)17-8-10-27(14-17)20(25-9-7-19-6-3-11-29-19)26-13-16-4-2-5-18(12-16)21(22,23)24/h2-6,11-12,15,17,28H,7-10,13-14H2,1H3,(H,25,26). The van der Waals surface area contributed by atoms with Crippen molar-refractivity contribution < 1.29 is 22.7 Å². The van der Waals surface area contributed by atoms with E-state index in [1.807, 2.05) is 17.0 Å². The fourth-order valence-electron chi connectivity index (χ4n) is 3.41. The minimum Gasteiger partial charge on any atom is -0.469 e. The zero-order valence-corrected chi connectivity index (χ0v) is 16.3. The number of hydrogen-bond donors (Lipinski definition) is 2. The number of guanidine groups is 1. The number of likely N-dealkylation sites (tertiary alicyclic amines) is 1. The Hall–Kier alpha value is -2.48. The summed E-state index contributed by atoms with van der Waals surface area (Å²) in [6.45, 7) is 3.91. The lowest BCUT2D eigenvalue weighted by molar-refractivity contribution is -0.137. The van der Waals surface area contributed by atoms with Crippen LogP contribution in [0.3, 0.4) is 0 Å². The zero-order chi connectivity index (χ0) is 20.9. The molecule has 158 valence electrons. The number of alkyl halides is 3. The van der Waals surface area contributed by atoms with E-state index >= 15 is 0 Å². The molecule has 2 heterocycles. The molecule has 0 bridgehead atoms. The van der Waals surface area contributed by atoms with Gasteiger partial charge in [0.05, 0.1) is 24.5 Å². The summed E-state index contributed by atoms with van der Waals surface area (Å²) in [7, 11) is 0. The summed E-state index contributed by atoms with van der Waals surface area (Å²) in [6.07, 6.45) is -1.65. The Kier molecular flexibility index (Phi) is 6.84. The first-order valence-electron chi connectivity index (χ1n) is 9.73. The molecule has 1 aliphatic rings. The molecule has 1 fully saturated rings. The minimum absolute atomic E-state index is 0.142. The van der Waals surface area contributed by atoms with Gasteiger partial charge in [-0.25, -0.2) is 4.99 Å². The summed E-state index contributed by atoms with van der Waals surface area (Å²) in [6, 6.07) is 8.95. The molecule has 0 radical (unpaired) electrons. The summed E-state index contributed by atoms with van der Waals surface area (Å²) in [5.74, 6) is 1.63. The minimum atomic E-state index is -4.37. The van der Waals surface area contributed by atoms with Gasteiger partial charge in [0.1, 0.15) is 5.76 Å². The van der Waals surface area contributed by atoms with E-state index in [1.165, 1.54) is 6.07 Å². The quantitative estimate of drug-likeness (QED) is 0.564. The molecule has 1 saturated heterocycles. The topological polar surface area (TPSA) is 61.0 Å². The van der Waals surface area contributed by atoms with E-state index in [2.05, 4.69) is 10.3 Å². The first kappa shape index (κ1) is 21.2. The first-order valence-corrected chi connectivity index (χ1v) is 9.73. The monoisotopic (exact) mass is 409 g/mol. The van der Waals surface area contributed by atoms with E-state index in [0.29, 0.717) is 31.0 Å². The summed E-state index contributed by atoms with van der Waals surface area (Å²) in [4.78, 5) is 6.61. The second kappa shape index (κ2) is 9.35. The van der Waals surface area contributed by atoms with Crippen LogP contribution in [0.4, 0.5) is 13.2 Å². The van der Waals surface area contributed by atoms with E-state index in [-0.39, 0.29) is 12.5 Å². The number of furan rings is 1. The Labute approximate surface area is 168 Å². The number of rotatable bonds is 6. The highest BCUT2D eigenvalue weighted by Crippen LogP contribution is 2.29. The van der Waals surface area contributed by atoms with Crippen molar-refractivity contribution in [3.05, 3.63) is 59.5 Å². The van der Waals surface area contributed by atoms with E-state index in [4.69, 9.17) is 4.42 Å². The van der Waals surface area contributed by atoms with Crippen LogP contribution < -0.4 is 5.32 Å². The molecule has 0 saturated carbocycles. The van der Waals surface area contributed by atoms with Crippen LogP contribution in [0.15, 0.2) is 52.1 Å². The van der Waals surface area contributed by atoms with E-state index in [1.54, 1.807) is 19.3 Å². The number of aliphatic hydroxyl groups excluding tert-OH is 1. The summed E-state index contributed by atoms with van der Waals surface area (Å²) in [5, 5.41) is 13.1. The predicted octanol–water partition coefficient (Wildman–Crippen LogP) is 3.69. The molecule has 0 spiro atoms. The van der Waals surface area contributed by atoms with Crippen molar-refractivity contribution in [2.45, 2.75) is 38.6 Å². The van der Waals surface area contributed by atoms with Gasteiger partial charge in [0.25, 0.3) is 0 Å². The highest BCUT2D eigenvalue weighted by Gasteiger charge is 2.30. The number of aliphatic imine (C=N–C) groups is 1. The molecule has 2 aromatic rings. The number of nitrogens with one attached hydrogen (secondary N) is 1. The van der Waals surface area contributed by atoms with E-state index in [0.717, 1.165) is 30.9 Å². The lowest BCUT2D eigenvalue weighted by Gasteiger charge is -2.23. The predicted molar refractivity (Wildman–Crippen MR) is 104 cm³/mol. The SMILES string of the molecule is CC(O)C1CCN(C(=NCc2cccc(C(F)(F)F)c2)NCCc2ccco2)C1. The molecule has 5 nitrogen and oxygen atoms in total. The highest BCUT2D eigenvalue weighted by molar-refractivity contribution is 5.80. The maximum absolute atomic E-state index is 12.9. The molecule has 2 unspecified atom stereocenters. The lowest BCUT2D eigenvalue weighted by Crippen LogP contribution is -2.41. The molecule has 1 aromatic carbocycles. The third kappa shape index (κ3) is 6.00. The maximum Gasteiger partial charge on any atom is 0.416 e. The van der Waals surface area contributed by atoms with Crippen LogP contribution in [0.2, 0.25) is 0 Å². The summed E-state index contributed by atoms with van der Waals surface area (Å²) < 4.78 is 44.2. The first-order chi connectivity index (χ1) is 13.8. The normalized spacial score (nSPS) is 18.9. The van der Waals surface area contributed by atoms with Gasteiger partial charge >= 0.3 is 6.18 Å². The smallest absolute Gasteiger partial charge is 0.416 e. The van der Waals surface area contributed by atoms with Crippen LogP contribution in [0.1, 0.15) is 30.2 Å². The summed E-state index contributed by atoms with van der Waals surface area (Å²) >= 11 is 0. The van der Waals surface area contributed by atoms with Crippen molar-refractivity contribution in [3.63, 3.8) is 0 Å². The van der Waals surface area contributed by atoms with Gasteiger partial charge in [-0.3, -0.25) is 0 Å². The molecular formula is C21H26F3N3O2. The van der Waals surface area contributed by atoms with Crippen molar-refractivity contribution in [2.75, 3.05) is 19.6 Å². The molecule has 0 amide bonds. The number of benzene rings is 1. The highest BCUT2D eigenvalue weighted by atomic mass is 19.4. The lowest BCUT2D eigenvalue weighted by atomic mass is 10.0. The second-order valence-corrected chi connectivity index (χ2v) is 7.33. The Balaban J connectivity index is 1.69. The molecular weight excluding hydrogens is 383 g/mol. The molecule has 0 aliphatic carbocycles. The fraction of sp³-hybridized carbons (Fsp3) is 0.476. The zero-order valence-electron chi connectivity index (χ0n) is 16.3. The van der Waals surface area contributed by atoms with Crippen molar-refractivity contribution in [1.29, 1.82) is 0 Å². The second-order valence-electron chi connectivity index (χ2n) is 7.33. The Morgan fingerprint density at radius 1 is 1.34 bits per heavy atom. The van der Waals surface area contributed by atoms with Gasteiger partial charge in [0.15, 0.2) is 5.96 Å². The van der Waals surface area contributed by atoms with Gasteiger partial charge in [-0.05, 0) is 43.2 Å². The van der Waals surface area contributed by atoms with Gasteiger partial charge in [-0.15, -0.1) is 0 Å². The molecule has 2 N–H and O–H groups in total. The third-order valence-electron chi connectivity index (χ3n) is 5.11. The molecule has 3 rings (SSSR count). The van der Waals surface area contributed by atoms with Crippen LogP contribution >= 0.6 is 0 Å². The number of hydrogen-bond acceptors (Lipinski definition) is 3. The Bertz CT molecular complexity index is 804. The number of halogens is 3. The van der Waals surface area contributed by atoms with Crippen molar-refractivity contribution in [2.24, 2.45) is 10.9 Å². The summed E-state index contributed by atoms with van der Waals surface area (Å²) in [5.41, 5.74) is -0.177. The average Bonchev–Trinajstić information content (AvgIpc) is 3.36. The maximum atomic E-state index is 12.9. The number of nitrogens with zero attached hydrogens (tertiary/aromatic N) is 2. The van der Waals surface area contributed by atoms with Gasteiger partial charge in [0.2, 0.25) is 0 Å². The molecule has 2 atom stereocenters. The fourth-order valence-corrected chi connectivity index (χ4v) is 3.41. The molecule has 8 heteroatoms. The van der Waals surface area contributed by atoms with Crippen molar-refractivity contribution in [3.8, 4) is 0 Å². The molecule has 1 aromatic heterocycles. The molecule has 1 aliphatic heterocycles. The largest absolute Gasteiger partial charge is 0.469 e. The van der Waals surface area contributed by atoms with Gasteiger partial charge in [-0.1, -0.05) is 12.1 Å². The average molecular weight is 409 g/mol. The van der Waals surface area contributed by atoms with Gasteiger partial charge in [0, 0.05) is 32.0 Å². The Morgan fingerprint density at radius 3 is 2.83 bits per heavy atom. The molecule has 29 heavy (non-hydrogen) atoms. The van der Waals surface area contributed by atoms with Crippen LogP contribution in [0, 0.1) is 5.92 Å².